The summed E-state index contributed by atoms with van der Waals surface area (Å²) >= 11 is 0. The fraction of sp³-hybridized carbons (Fsp3) is 0.588. The quantitative estimate of drug-likeness (QED) is 0.830. The third-order valence-electron chi connectivity index (χ3n) is 4.24. The standard InChI is InChI=1S/C17H24N2/c1-14(15-8-4-2-5-9-15)13-19-17-11-7-3-6-10-16(17)12-18/h2,4-5,8-9,14,16-17,19H,3,6-7,10-11,13H2,1H3. The third-order valence-corrected chi connectivity index (χ3v) is 4.24. The third kappa shape index (κ3) is 4.08. The highest BCUT2D eigenvalue weighted by Gasteiger charge is 2.23. The molecule has 1 N–H and O–H groups in total. The number of nitrogens with one attached hydrogen (secondary N) is 1. The van der Waals surface area contributed by atoms with Crippen LogP contribution in [0.5, 0.6) is 0 Å². The normalized spacial score (nSPS) is 25.3. The molecule has 0 bridgehead atoms. The van der Waals surface area contributed by atoms with E-state index in [1.54, 1.807) is 0 Å². The first-order chi connectivity index (χ1) is 9.31. The molecule has 0 spiro atoms. The average molecular weight is 256 g/mol. The Balaban J connectivity index is 1.88. The first-order valence-corrected chi connectivity index (χ1v) is 7.49. The molecule has 0 amide bonds. The second-order valence-electron chi connectivity index (χ2n) is 5.70. The molecule has 1 saturated carbocycles. The van der Waals surface area contributed by atoms with Crippen LogP contribution < -0.4 is 5.32 Å². The highest BCUT2D eigenvalue weighted by atomic mass is 14.9. The van der Waals surface area contributed by atoms with Crippen molar-refractivity contribution in [2.75, 3.05) is 6.54 Å². The lowest BCUT2D eigenvalue weighted by molar-refractivity contribution is 0.387. The Kier molecular flexibility index (Phi) is 5.42. The van der Waals surface area contributed by atoms with Gasteiger partial charge in [-0.1, -0.05) is 56.5 Å². The van der Waals surface area contributed by atoms with E-state index in [0.717, 1.165) is 19.4 Å². The molecule has 3 unspecified atom stereocenters. The van der Waals surface area contributed by atoms with E-state index >= 15 is 0 Å². The summed E-state index contributed by atoms with van der Waals surface area (Å²) < 4.78 is 0. The van der Waals surface area contributed by atoms with Gasteiger partial charge in [0.15, 0.2) is 0 Å². The molecule has 0 saturated heterocycles. The Morgan fingerprint density at radius 2 is 1.95 bits per heavy atom. The van der Waals surface area contributed by atoms with Crippen LogP contribution in [0, 0.1) is 17.2 Å². The maximum atomic E-state index is 9.28. The predicted octanol–water partition coefficient (Wildman–Crippen LogP) is 3.85. The molecule has 19 heavy (non-hydrogen) atoms. The Labute approximate surface area is 116 Å². The SMILES string of the molecule is CC(CNC1CCCCCC1C#N)c1ccccc1. The zero-order chi connectivity index (χ0) is 13.5. The number of rotatable bonds is 4. The summed E-state index contributed by atoms with van der Waals surface area (Å²) in [4.78, 5) is 0. The Hall–Kier alpha value is -1.33. The molecule has 1 aromatic carbocycles. The van der Waals surface area contributed by atoms with Crippen LogP contribution in [0.25, 0.3) is 0 Å². The van der Waals surface area contributed by atoms with E-state index in [-0.39, 0.29) is 5.92 Å². The van der Waals surface area contributed by atoms with Gasteiger partial charge in [-0.25, -0.2) is 0 Å². The molecule has 2 heteroatoms. The molecular weight excluding hydrogens is 232 g/mol. The van der Waals surface area contributed by atoms with E-state index in [9.17, 15) is 5.26 Å². The van der Waals surface area contributed by atoms with Crippen LogP contribution >= 0.6 is 0 Å². The van der Waals surface area contributed by atoms with Crippen molar-refractivity contribution in [3.8, 4) is 6.07 Å². The predicted molar refractivity (Wildman–Crippen MR) is 78.8 cm³/mol. The molecule has 1 aliphatic rings. The van der Waals surface area contributed by atoms with Gasteiger partial charge < -0.3 is 5.32 Å². The van der Waals surface area contributed by atoms with Crippen molar-refractivity contribution in [3.63, 3.8) is 0 Å². The van der Waals surface area contributed by atoms with Crippen molar-refractivity contribution < 1.29 is 0 Å². The molecule has 1 fully saturated rings. The van der Waals surface area contributed by atoms with Gasteiger partial charge in [0.2, 0.25) is 0 Å². The average Bonchev–Trinajstić information content (AvgIpc) is 2.70. The lowest BCUT2D eigenvalue weighted by Crippen LogP contribution is -2.37. The summed E-state index contributed by atoms with van der Waals surface area (Å²) in [6, 6.07) is 13.5. The molecule has 0 aromatic heterocycles. The van der Waals surface area contributed by atoms with Crippen molar-refractivity contribution in [2.45, 2.75) is 51.0 Å². The molecular formula is C17H24N2. The van der Waals surface area contributed by atoms with Gasteiger partial charge >= 0.3 is 0 Å². The summed E-state index contributed by atoms with van der Waals surface area (Å²) in [5.74, 6) is 0.703. The van der Waals surface area contributed by atoms with E-state index in [1.165, 1.54) is 24.8 Å². The van der Waals surface area contributed by atoms with Gasteiger partial charge in [0.25, 0.3) is 0 Å². The molecule has 1 aromatic rings. The van der Waals surface area contributed by atoms with Gasteiger partial charge in [0, 0.05) is 12.6 Å². The molecule has 3 atom stereocenters. The molecule has 0 heterocycles. The lowest BCUT2D eigenvalue weighted by Gasteiger charge is -2.23. The van der Waals surface area contributed by atoms with Crippen LogP contribution in [0.2, 0.25) is 0 Å². The number of nitriles is 1. The molecule has 1 aliphatic carbocycles. The van der Waals surface area contributed by atoms with Gasteiger partial charge in [-0.15, -0.1) is 0 Å². The van der Waals surface area contributed by atoms with Crippen molar-refractivity contribution in [1.29, 1.82) is 5.26 Å². The molecule has 0 radical (unpaired) electrons. The van der Waals surface area contributed by atoms with Crippen molar-refractivity contribution in [2.24, 2.45) is 5.92 Å². The zero-order valence-electron chi connectivity index (χ0n) is 11.8. The van der Waals surface area contributed by atoms with Crippen molar-refractivity contribution in [3.05, 3.63) is 35.9 Å². The molecule has 2 nitrogen and oxygen atoms in total. The van der Waals surface area contributed by atoms with Crippen LogP contribution in [0.3, 0.4) is 0 Å². The second-order valence-corrected chi connectivity index (χ2v) is 5.70. The summed E-state index contributed by atoms with van der Waals surface area (Å²) in [6.45, 7) is 3.22. The van der Waals surface area contributed by atoms with Crippen LogP contribution in [0.1, 0.15) is 50.5 Å². The number of hydrogen-bond acceptors (Lipinski definition) is 2. The van der Waals surface area contributed by atoms with E-state index in [4.69, 9.17) is 0 Å². The highest BCUT2D eigenvalue weighted by molar-refractivity contribution is 5.19. The summed E-state index contributed by atoms with van der Waals surface area (Å²) in [5.41, 5.74) is 1.37. The highest BCUT2D eigenvalue weighted by Crippen LogP contribution is 2.23. The van der Waals surface area contributed by atoms with Crippen molar-refractivity contribution >= 4 is 0 Å². The van der Waals surface area contributed by atoms with Crippen LogP contribution in [-0.2, 0) is 0 Å². The smallest absolute Gasteiger partial charge is 0.0672 e. The van der Waals surface area contributed by atoms with E-state index < -0.39 is 0 Å². The fourth-order valence-corrected chi connectivity index (χ4v) is 2.93. The van der Waals surface area contributed by atoms with Gasteiger partial charge in [0.1, 0.15) is 0 Å². The second kappa shape index (κ2) is 7.31. The Morgan fingerprint density at radius 1 is 1.21 bits per heavy atom. The van der Waals surface area contributed by atoms with Gasteiger partial charge in [-0.05, 0) is 24.3 Å². The first kappa shape index (κ1) is 14.1. The van der Waals surface area contributed by atoms with Gasteiger partial charge in [-0.3, -0.25) is 0 Å². The van der Waals surface area contributed by atoms with Crippen LogP contribution in [-0.4, -0.2) is 12.6 Å². The van der Waals surface area contributed by atoms with Crippen LogP contribution in [0.15, 0.2) is 30.3 Å². The minimum Gasteiger partial charge on any atom is -0.312 e. The summed E-state index contributed by atoms with van der Waals surface area (Å²) in [7, 11) is 0. The van der Waals surface area contributed by atoms with Gasteiger partial charge in [0.05, 0.1) is 12.0 Å². The Morgan fingerprint density at radius 3 is 2.68 bits per heavy atom. The minimum absolute atomic E-state index is 0.200. The summed E-state index contributed by atoms with van der Waals surface area (Å²) in [5, 5.41) is 12.9. The lowest BCUT2D eigenvalue weighted by atomic mass is 9.95. The van der Waals surface area contributed by atoms with E-state index in [1.807, 2.05) is 0 Å². The number of benzene rings is 1. The fourth-order valence-electron chi connectivity index (χ4n) is 2.93. The van der Waals surface area contributed by atoms with Gasteiger partial charge in [-0.2, -0.15) is 5.26 Å². The number of hydrogen-bond donors (Lipinski definition) is 1. The maximum Gasteiger partial charge on any atom is 0.0672 e. The van der Waals surface area contributed by atoms with Crippen molar-refractivity contribution in [1.82, 2.24) is 5.32 Å². The van der Waals surface area contributed by atoms with E-state index in [0.29, 0.717) is 12.0 Å². The van der Waals surface area contributed by atoms with E-state index in [2.05, 4.69) is 48.6 Å². The maximum absolute atomic E-state index is 9.28. The topological polar surface area (TPSA) is 35.8 Å². The first-order valence-electron chi connectivity index (χ1n) is 7.49. The van der Waals surface area contributed by atoms with Crippen LogP contribution in [0.4, 0.5) is 0 Å². The zero-order valence-corrected chi connectivity index (χ0v) is 11.8. The Bertz CT molecular complexity index is 407. The molecule has 102 valence electrons. The minimum atomic E-state index is 0.200. The number of nitrogens with zero attached hydrogens (tertiary/aromatic N) is 1. The molecule has 2 rings (SSSR count). The molecule has 0 aliphatic heterocycles. The summed E-state index contributed by atoms with van der Waals surface area (Å²) in [6.07, 6.45) is 5.97. The largest absolute Gasteiger partial charge is 0.312 e. The monoisotopic (exact) mass is 256 g/mol.